The summed E-state index contributed by atoms with van der Waals surface area (Å²) in [6, 6.07) is 17.0. The van der Waals surface area contributed by atoms with E-state index < -0.39 is 5.97 Å². The van der Waals surface area contributed by atoms with Crippen LogP contribution in [0.15, 0.2) is 60.7 Å². The molecule has 24 heavy (non-hydrogen) atoms. The summed E-state index contributed by atoms with van der Waals surface area (Å²) in [5, 5.41) is 2.78. The third-order valence-corrected chi connectivity index (χ3v) is 3.41. The second kappa shape index (κ2) is 8.67. The summed E-state index contributed by atoms with van der Waals surface area (Å²) in [5.74, 6) is -0.617. The molecule has 0 saturated carbocycles. The first-order valence-electron chi connectivity index (χ1n) is 7.85. The van der Waals surface area contributed by atoms with Gasteiger partial charge in [0, 0.05) is 11.8 Å². The lowest BCUT2D eigenvalue weighted by Crippen LogP contribution is -2.21. The van der Waals surface area contributed by atoms with E-state index in [0.29, 0.717) is 0 Å². The number of carbonyl (C=O) groups excluding carboxylic acids is 2. The van der Waals surface area contributed by atoms with E-state index in [-0.39, 0.29) is 18.4 Å². The van der Waals surface area contributed by atoms with Crippen LogP contribution in [0.4, 0.5) is 5.69 Å². The van der Waals surface area contributed by atoms with Crippen molar-refractivity contribution in [2.45, 2.75) is 19.8 Å². The number of rotatable bonds is 6. The molecule has 1 amide bonds. The highest BCUT2D eigenvalue weighted by Gasteiger charge is 2.10. The number of carbonyl (C=O) groups is 2. The Morgan fingerprint density at radius 1 is 1.04 bits per heavy atom. The molecule has 0 bridgehead atoms. The third kappa shape index (κ3) is 5.39. The zero-order valence-electron chi connectivity index (χ0n) is 13.9. The molecule has 2 rings (SSSR count). The van der Waals surface area contributed by atoms with Crippen molar-refractivity contribution in [3.8, 4) is 0 Å². The predicted octanol–water partition coefficient (Wildman–Crippen LogP) is 4.01. The van der Waals surface area contributed by atoms with Gasteiger partial charge >= 0.3 is 5.97 Å². The Kier molecular flexibility index (Phi) is 6.32. The van der Waals surface area contributed by atoms with Crippen LogP contribution < -0.4 is 5.32 Å². The van der Waals surface area contributed by atoms with Gasteiger partial charge in [0.25, 0.3) is 5.91 Å². The summed E-state index contributed by atoms with van der Waals surface area (Å²) in [7, 11) is 0. The molecule has 0 heterocycles. The number of benzene rings is 2. The molecule has 0 spiro atoms. The van der Waals surface area contributed by atoms with Crippen molar-refractivity contribution in [3.05, 3.63) is 71.8 Å². The zero-order valence-corrected chi connectivity index (χ0v) is 13.9. The van der Waals surface area contributed by atoms with Gasteiger partial charge < -0.3 is 10.1 Å². The highest BCUT2D eigenvalue weighted by Crippen LogP contribution is 2.23. The highest BCUT2D eigenvalue weighted by molar-refractivity contribution is 5.95. The van der Waals surface area contributed by atoms with Crippen molar-refractivity contribution in [2.24, 2.45) is 0 Å². The van der Waals surface area contributed by atoms with Gasteiger partial charge in [0.05, 0.1) is 0 Å². The number of hydrogen-bond acceptors (Lipinski definition) is 3. The predicted molar refractivity (Wildman–Crippen MR) is 95.6 cm³/mol. The third-order valence-electron chi connectivity index (χ3n) is 3.41. The molecule has 1 N–H and O–H groups in total. The van der Waals surface area contributed by atoms with E-state index in [0.717, 1.165) is 16.8 Å². The molecule has 0 aliphatic heterocycles. The van der Waals surface area contributed by atoms with Gasteiger partial charge in [-0.25, -0.2) is 4.79 Å². The summed E-state index contributed by atoms with van der Waals surface area (Å²) in [6.45, 7) is 3.79. The molecular formula is C20H21NO3. The van der Waals surface area contributed by atoms with Crippen molar-refractivity contribution in [2.75, 3.05) is 11.9 Å². The van der Waals surface area contributed by atoms with E-state index in [1.807, 2.05) is 54.6 Å². The van der Waals surface area contributed by atoms with Gasteiger partial charge in [0.1, 0.15) is 0 Å². The van der Waals surface area contributed by atoms with Crippen LogP contribution in [0.5, 0.6) is 0 Å². The number of amides is 1. The number of para-hydroxylation sites is 1. The highest BCUT2D eigenvalue weighted by atomic mass is 16.5. The maximum absolute atomic E-state index is 12.0. The second-order valence-corrected chi connectivity index (χ2v) is 5.64. The Morgan fingerprint density at radius 2 is 1.71 bits per heavy atom. The molecule has 124 valence electrons. The van der Waals surface area contributed by atoms with E-state index in [1.54, 1.807) is 6.08 Å². The molecule has 0 aliphatic rings. The minimum atomic E-state index is -0.550. The van der Waals surface area contributed by atoms with Crippen LogP contribution >= 0.6 is 0 Å². The lowest BCUT2D eigenvalue weighted by atomic mass is 10.0. The van der Waals surface area contributed by atoms with E-state index in [9.17, 15) is 9.59 Å². The number of nitrogens with one attached hydrogen (secondary N) is 1. The monoisotopic (exact) mass is 323 g/mol. The van der Waals surface area contributed by atoms with E-state index in [2.05, 4.69) is 19.2 Å². The number of ether oxygens (including phenoxy) is 1. The van der Waals surface area contributed by atoms with Crippen molar-refractivity contribution in [1.29, 1.82) is 0 Å². The molecule has 0 fully saturated rings. The molecule has 2 aromatic carbocycles. The smallest absolute Gasteiger partial charge is 0.331 e. The lowest BCUT2D eigenvalue weighted by Gasteiger charge is -2.13. The van der Waals surface area contributed by atoms with Crippen LogP contribution in [0.2, 0.25) is 0 Å². The van der Waals surface area contributed by atoms with Crippen LogP contribution in [-0.4, -0.2) is 18.5 Å². The first kappa shape index (κ1) is 17.5. The van der Waals surface area contributed by atoms with Crippen LogP contribution in [0.1, 0.15) is 30.9 Å². The van der Waals surface area contributed by atoms with Crippen LogP contribution in [0.25, 0.3) is 6.08 Å². The zero-order chi connectivity index (χ0) is 17.4. The fourth-order valence-electron chi connectivity index (χ4n) is 2.21. The van der Waals surface area contributed by atoms with Gasteiger partial charge in [-0.05, 0) is 29.2 Å². The van der Waals surface area contributed by atoms with Crippen LogP contribution in [-0.2, 0) is 14.3 Å². The summed E-state index contributed by atoms with van der Waals surface area (Å²) in [5.41, 5.74) is 2.68. The fourth-order valence-corrected chi connectivity index (χ4v) is 2.21. The molecule has 0 saturated heterocycles. The average molecular weight is 323 g/mol. The van der Waals surface area contributed by atoms with Gasteiger partial charge in [-0.1, -0.05) is 62.4 Å². The van der Waals surface area contributed by atoms with Crippen molar-refractivity contribution < 1.29 is 14.3 Å². The largest absolute Gasteiger partial charge is 0.452 e. The standard InChI is InChI=1S/C20H21NO3/c1-15(2)17-10-6-7-11-18(17)21-19(22)14-24-20(23)13-12-16-8-4-3-5-9-16/h3-13,15H,14H2,1-2H3,(H,21,22). The molecule has 4 nitrogen and oxygen atoms in total. The number of esters is 1. The van der Waals surface area contributed by atoms with Crippen molar-refractivity contribution >= 4 is 23.6 Å². The van der Waals surface area contributed by atoms with E-state index in [1.165, 1.54) is 6.08 Å². The Labute approximate surface area is 142 Å². The van der Waals surface area contributed by atoms with Crippen LogP contribution in [0, 0.1) is 0 Å². The Bertz CT molecular complexity index is 721. The average Bonchev–Trinajstić information content (AvgIpc) is 2.59. The maximum Gasteiger partial charge on any atom is 0.331 e. The van der Waals surface area contributed by atoms with Gasteiger partial charge in [0.15, 0.2) is 6.61 Å². The van der Waals surface area contributed by atoms with E-state index in [4.69, 9.17) is 4.74 Å². The van der Waals surface area contributed by atoms with Crippen molar-refractivity contribution in [3.63, 3.8) is 0 Å². The Morgan fingerprint density at radius 3 is 2.42 bits per heavy atom. The normalized spacial score (nSPS) is 10.8. The minimum absolute atomic E-state index is 0.290. The topological polar surface area (TPSA) is 55.4 Å². The molecule has 4 heteroatoms. The minimum Gasteiger partial charge on any atom is -0.452 e. The molecule has 2 aromatic rings. The molecule has 0 atom stereocenters. The van der Waals surface area contributed by atoms with Crippen molar-refractivity contribution in [1.82, 2.24) is 0 Å². The number of hydrogen-bond donors (Lipinski definition) is 1. The molecule has 0 unspecified atom stereocenters. The summed E-state index contributed by atoms with van der Waals surface area (Å²) < 4.78 is 4.96. The summed E-state index contributed by atoms with van der Waals surface area (Å²) >= 11 is 0. The molecule has 0 aliphatic carbocycles. The van der Waals surface area contributed by atoms with Crippen LogP contribution in [0.3, 0.4) is 0 Å². The maximum atomic E-state index is 12.0. The SMILES string of the molecule is CC(C)c1ccccc1NC(=O)COC(=O)C=Cc1ccccc1. The quantitative estimate of drug-likeness (QED) is 0.645. The van der Waals surface area contributed by atoms with Gasteiger partial charge in [0.2, 0.25) is 0 Å². The lowest BCUT2D eigenvalue weighted by molar-refractivity contribution is -0.142. The second-order valence-electron chi connectivity index (χ2n) is 5.64. The first-order chi connectivity index (χ1) is 11.6. The molecule has 0 aromatic heterocycles. The molecule has 0 radical (unpaired) electrons. The summed E-state index contributed by atoms with van der Waals surface area (Å²) in [6.07, 6.45) is 2.96. The van der Waals surface area contributed by atoms with Gasteiger partial charge in [-0.2, -0.15) is 0 Å². The first-order valence-corrected chi connectivity index (χ1v) is 7.85. The Balaban J connectivity index is 1.85. The number of anilines is 1. The van der Waals surface area contributed by atoms with Gasteiger partial charge in [-0.3, -0.25) is 4.79 Å². The molecular weight excluding hydrogens is 302 g/mol. The fraction of sp³-hybridized carbons (Fsp3) is 0.200. The summed E-state index contributed by atoms with van der Waals surface area (Å²) in [4.78, 5) is 23.6. The van der Waals surface area contributed by atoms with Gasteiger partial charge in [-0.15, -0.1) is 0 Å². The Hall–Kier alpha value is -2.88. The van der Waals surface area contributed by atoms with E-state index >= 15 is 0 Å².